The molecule has 0 saturated heterocycles. The molecule has 0 radical (unpaired) electrons. The number of hydrogen-bond acceptors (Lipinski definition) is 2. The second-order valence-corrected chi connectivity index (χ2v) is 4.27. The Kier molecular flexibility index (Phi) is 4.75. The summed E-state index contributed by atoms with van der Waals surface area (Å²) in [5, 5.41) is 3.01. The van der Waals surface area contributed by atoms with Gasteiger partial charge in [0.2, 0.25) is 0 Å². The van der Waals surface area contributed by atoms with Gasteiger partial charge in [-0.1, -0.05) is 20.8 Å². The minimum atomic E-state index is -0.807. The largest absolute Gasteiger partial charge is 0.307 e. The first kappa shape index (κ1) is 13.8. The molecule has 0 amide bonds. The van der Waals surface area contributed by atoms with E-state index in [0.717, 1.165) is 12.1 Å². The van der Waals surface area contributed by atoms with Gasteiger partial charge in [0, 0.05) is 6.07 Å². The van der Waals surface area contributed by atoms with Crippen molar-refractivity contribution >= 4 is 5.78 Å². The van der Waals surface area contributed by atoms with Gasteiger partial charge in [0.15, 0.2) is 5.78 Å². The van der Waals surface area contributed by atoms with Gasteiger partial charge < -0.3 is 5.32 Å². The van der Waals surface area contributed by atoms with E-state index >= 15 is 0 Å². The van der Waals surface area contributed by atoms with Crippen molar-refractivity contribution in [3.8, 4) is 0 Å². The number of ketones is 1. The Morgan fingerprint density at radius 1 is 1.35 bits per heavy atom. The third kappa shape index (κ3) is 3.33. The molecular formula is C13H17F2NO. The molecule has 1 aromatic rings. The summed E-state index contributed by atoms with van der Waals surface area (Å²) in [6, 6.07) is 2.58. The molecule has 1 aromatic carbocycles. The van der Waals surface area contributed by atoms with Crippen LogP contribution in [0.25, 0.3) is 0 Å². The van der Waals surface area contributed by atoms with Gasteiger partial charge in [-0.15, -0.1) is 0 Å². The molecule has 1 rings (SSSR count). The fourth-order valence-electron chi connectivity index (χ4n) is 1.71. The number of carbonyl (C=O) groups excluding carboxylic acids is 1. The van der Waals surface area contributed by atoms with Crippen LogP contribution >= 0.6 is 0 Å². The lowest BCUT2D eigenvalue weighted by Crippen LogP contribution is -2.41. The highest BCUT2D eigenvalue weighted by atomic mass is 19.1. The number of nitrogens with one attached hydrogen (secondary N) is 1. The smallest absolute Gasteiger partial charge is 0.182 e. The molecule has 17 heavy (non-hydrogen) atoms. The number of Topliss-reactive ketones (excluding diaryl/α,β-unsaturated/α-hetero) is 1. The van der Waals surface area contributed by atoms with Crippen LogP contribution in [0.5, 0.6) is 0 Å². The minimum Gasteiger partial charge on any atom is -0.307 e. The van der Waals surface area contributed by atoms with Crippen LogP contribution in [0.3, 0.4) is 0 Å². The second kappa shape index (κ2) is 5.87. The molecule has 1 N–H and O–H groups in total. The molecule has 0 bridgehead atoms. The SMILES string of the molecule is CCNC(C(=O)c1ccc(F)cc1F)C(C)C. The Morgan fingerprint density at radius 3 is 2.47 bits per heavy atom. The van der Waals surface area contributed by atoms with Crippen LogP contribution in [0.15, 0.2) is 18.2 Å². The van der Waals surface area contributed by atoms with Crippen molar-refractivity contribution in [2.75, 3.05) is 6.54 Å². The van der Waals surface area contributed by atoms with Crippen LogP contribution < -0.4 is 5.32 Å². The van der Waals surface area contributed by atoms with Crippen LogP contribution in [-0.4, -0.2) is 18.4 Å². The van der Waals surface area contributed by atoms with Gasteiger partial charge in [0.05, 0.1) is 11.6 Å². The summed E-state index contributed by atoms with van der Waals surface area (Å²) in [5.74, 6) is -1.77. The maximum atomic E-state index is 13.5. The highest BCUT2D eigenvalue weighted by molar-refractivity contribution is 6.00. The lowest BCUT2D eigenvalue weighted by Gasteiger charge is -2.20. The van der Waals surface area contributed by atoms with Crippen molar-refractivity contribution in [2.24, 2.45) is 5.92 Å². The Labute approximate surface area is 100 Å². The zero-order chi connectivity index (χ0) is 13.0. The molecule has 0 fully saturated rings. The zero-order valence-corrected chi connectivity index (χ0v) is 10.3. The van der Waals surface area contributed by atoms with Crippen LogP contribution in [-0.2, 0) is 0 Å². The molecule has 4 heteroatoms. The molecular weight excluding hydrogens is 224 g/mol. The van der Waals surface area contributed by atoms with Crippen LogP contribution in [0.1, 0.15) is 31.1 Å². The fraction of sp³-hybridized carbons (Fsp3) is 0.462. The summed E-state index contributed by atoms with van der Waals surface area (Å²) in [7, 11) is 0. The topological polar surface area (TPSA) is 29.1 Å². The predicted octanol–water partition coefficient (Wildman–Crippen LogP) is 2.78. The average molecular weight is 241 g/mol. The Hall–Kier alpha value is -1.29. The summed E-state index contributed by atoms with van der Waals surface area (Å²) in [6.07, 6.45) is 0. The maximum Gasteiger partial charge on any atom is 0.182 e. The molecule has 0 aliphatic rings. The van der Waals surface area contributed by atoms with E-state index in [1.807, 2.05) is 20.8 Å². The lowest BCUT2D eigenvalue weighted by atomic mass is 9.94. The predicted molar refractivity (Wildman–Crippen MR) is 63.0 cm³/mol. The molecule has 0 heterocycles. The number of benzene rings is 1. The highest BCUT2D eigenvalue weighted by Crippen LogP contribution is 2.15. The van der Waals surface area contributed by atoms with Crippen molar-refractivity contribution in [1.29, 1.82) is 0 Å². The average Bonchev–Trinajstić information content (AvgIpc) is 2.24. The van der Waals surface area contributed by atoms with E-state index in [2.05, 4.69) is 5.32 Å². The summed E-state index contributed by atoms with van der Waals surface area (Å²) >= 11 is 0. The monoisotopic (exact) mass is 241 g/mol. The number of likely N-dealkylation sites (N-methyl/N-ethyl adjacent to an activating group) is 1. The first-order chi connectivity index (χ1) is 7.97. The normalized spacial score (nSPS) is 12.8. The van der Waals surface area contributed by atoms with E-state index in [0.29, 0.717) is 6.54 Å². The third-order valence-electron chi connectivity index (χ3n) is 2.57. The van der Waals surface area contributed by atoms with E-state index in [1.165, 1.54) is 6.07 Å². The van der Waals surface area contributed by atoms with Crippen molar-refractivity contribution in [3.63, 3.8) is 0 Å². The number of rotatable bonds is 5. The minimum absolute atomic E-state index is 0.0481. The van der Waals surface area contributed by atoms with E-state index in [1.54, 1.807) is 0 Å². The van der Waals surface area contributed by atoms with Crippen LogP contribution in [0, 0.1) is 17.6 Å². The summed E-state index contributed by atoms with van der Waals surface area (Å²) in [6.45, 7) is 6.26. The van der Waals surface area contributed by atoms with Crippen LogP contribution in [0.4, 0.5) is 8.78 Å². The fourth-order valence-corrected chi connectivity index (χ4v) is 1.71. The Balaban J connectivity index is 3.01. The third-order valence-corrected chi connectivity index (χ3v) is 2.57. The summed E-state index contributed by atoms with van der Waals surface area (Å²) in [5.41, 5.74) is -0.0638. The van der Waals surface area contributed by atoms with E-state index in [-0.39, 0.29) is 17.3 Å². The van der Waals surface area contributed by atoms with Crippen LogP contribution in [0.2, 0.25) is 0 Å². The maximum absolute atomic E-state index is 13.5. The molecule has 1 atom stereocenters. The van der Waals surface area contributed by atoms with Crippen molar-refractivity contribution in [2.45, 2.75) is 26.8 Å². The van der Waals surface area contributed by atoms with Crippen molar-refractivity contribution < 1.29 is 13.6 Å². The van der Waals surface area contributed by atoms with Gasteiger partial charge >= 0.3 is 0 Å². The van der Waals surface area contributed by atoms with Crippen molar-refractivity contribution in [1.82, 2.24) is 5.32 Å². The van der Waals surface area contributed by atoms with Gasteiger partial charge in [-0.05, 0) is 24.6 Å². The molecule has 0 spiro atoms. The van der Waals surface area contributed by atoms with Gasteiger partial charge in [-0.25, -0.2) is 8.78 Å². The Bertz CT molecular complexity index is 404. The number of halogens is 2. The lowest BCUT2D eigenvalue weighted by molar-refractivity contribution is 0.0914. The quantitative estimate of drug-likeness (QED) is 0.803. The van der Waals surface area contributed by atoms with E-state index in [4.69, 9.17) is 0 Å². The molecule has 0 aliphatic carbocycles. The van der Waals surface area contributed by atoms with E-state index in [9.17, 15) is 13.6 Å². The van der Waals surface area contributed by atoms with Gasteiger partial charge in [-0.2, -0.15) is 0 Å². The first-order valence-electron chi connectivity index (χ1n) is 5.70. The summed E-state index contributed by atoms with van der Waals surface area (Å²) in [4.78, 5) is 12.1. The molecule has 0 saturated carbocycles. The van der Waals surface area contributed by atoms with Gasteiger partial charge in [0.1, 0.15) is 11.6 Å². The van der Waals surface area contributed by atoms with Crippen molar-refractivity contribution in [3.05, 3.63) is 35.4 Å². The standard InChI is InChI=1S/C13H17F2NO/c1-4-16-12(8(2)3)13(17)10-6-5-9(14)7-11(10)15/h5-8,12,16H,4H2,1-3H3. The molecule has 2 nitrogen and oxygen atoms in total. The second-order valence-electron chi connectivity index (χ2n) is 4.27. The highest BCUT2D eigenvalue weighted by Gasteiger charge is 2.24. The number of hydrogen-bond donors (Lipinski definition) is 1. The summed E-state index contributed by atoms with van der Waals surface area (Å²) < 4.78 is 26.2. The molecule has 94 valence electrons. The van der Waals surface area contributed by atoms with Gasteiger partial charge in [0.25, 0.3) is 0 Å². The van der Waals surface area contributed by atoms with Gasteiger partial charge in [-0.3, -0.25) is 4.79 Å². The Morgan fingerprint density at radius 2 is 2.00 bits per heavy atom. The molecule has 0 aromatic heterocycles. The van der Waals surface area contributed by atoms with E-state index < -0.39 is 17.7 Å². The molecule has 1 unspecified atom stereocenters. The number of carbonyl (C=O) groups is 1. The zero-order valence-electron chi connectivity index (χ0n) is 10.3. The molecule has 0 aliphatic heterocycles. The first-order valence-corrected chi connectivity index (χ1v) is 5.70.